The van der Waals surface area contributed by atoms with Gasteiger partial charge in [-0.1, -0.05) is 0 Å². The summed E-state index contributed by atoms with van der Waals surface area (Å²) < 4.78 is 6.27. The largest absolute Gasteiger partial charge is 0.370 e. The second kappa shape index (κ2) is 8.12. The number of carbonyl (C=O) groups excluding carboxylic acids is 2. The van der Waals surface area contributed by atoms with E-state index in [1.54, 1.807) is 24.5 Å². The zero-order valence-corrected chi connectivity index (χ0v) is 17.9. The summed E-state index contributed by atoms with van der Waals surface area (Å²) in [5.74, 6) is 0.302. The van der Waals surface area contributed by atoms with E-state index in [0.29, 0.717) is 18.7 Å². The highest BCUT2D eigenvalue weighted by atomic mass is 32.1. The van der Waals surface area contributed by atoms with E-state index in [1.165, 1.54) is 10.4 Å². The standard InChI is InChI=1S/C23H27N3O3S/c27-21(17-1-9-24-10-2-17)25-11-3-18(4-12-25)22(28)26-13-7-23(8-14-26)19-6-16-30-20(19)5-15-29-23/h1-2,6,9-10,16,18H,3-5,7-8,11-15H2. The van der Waals surface area contributed by atoms with Crippen LogP contribution in [0.25, 0.3) is 0 Å². The quantitative estimate of drug-likeness (QED) is 0.742. The maximum atomic E-state index is 13.1. The molecule has 2 aromatic heterocycles. The Morgan fingerprint density at radius 3 is 2.50 bits per heavy atom. The zero-order chi connectivity index (χ0) is 20.6. The van der Waals surface area contributed by atoms with E-state index in [0.717, 1.165) is 51.8 Å². The van der Waals surface area contributed by atoms with Crippen LogP contribution in [0.5, 0.6) is 0 Å². The van der Waals surface area contributed by atoms with E-state index < -0.39 is 0 Å². The maximum absolute atomic E-state index is 13.1. The van der Waals surface area contributed by atoms with Crippen molar-refractivity contribution in [3.63, 3.8) is 0 Å². The number of piperidine rings is 2. The van der Waals surface area contributed by atoms with Gasteiger partial charge in [0.2, 0.25) is 5.91 Å². The Hall–Kier alpha value is -2.25. The van der Waals surface area contributed by atoms with Gasteiger partial charge in [0.05, 0.1) is 12.2 Å². The predicted octanol–water partition coefficient (Wildman–Crippen LogP) is 3.09. The number of aromatic nitrogens is 1. The summed E-state index contributed by atoms with van der Waals surface area (Å²) in [6, 6.07) is 5.71. The van der Waals surface area contributed by atoms with E-state index >= 15 is 0 Å². The third-order valence-corrected chi connectivity index (χ3v) is 7.87. The van der Waals surface area contributed by atoms with Gasteiger partial charge in [0.15, 0.2) is 0 Å². The molecular weight excluding hydrogens is 398 g/mol. The molecular formula is C23H27N3O3S. The van der Waals surface area contributed by atoms with Crippen LogP contribution in [0, 0.1) is 5.92 Å². The van der Waals surface area contributed by atoms with Gasteiger partial charge in [-0.15, -0.1) is 11.3 Å². The molecule has 0 unspecified atom stereocenters. The molecule has 2 aromatic rings. The number of carbonyl (C=O) groups is 2. The van der Waals surface area contributed by atoms with Gasteiger partial charge >= 0.3 is 0 Å². The predicted molar refractivity (Wildman–Crippen MR) is 114 cm³/mol. The summed E-state index contributed by atoms with van der Waals surface area (Å²) in [6.07, 6.45) is 7.52. The smallest absolute Gasteiger partial charge is 0.253 e. The molecule has 0 bridgehead atoms. The van der Waals surface area contributed by atoms with E-state index in [2.05, 4.69) is 16.4 Å². The fourth-order valence-electron chi connectivity index (χ4n) is 5.12. The molecule has 0 radical (unpaired) electrons. The Morgan fingerprint density at radius 1 is 1.03 bits per heavy atom. The lowest BCUT2D eigenvalue weighted by atomic mass is 9.82. The number of fused-ring (bicyclic) bond motifs is 2. The van der Waals surface area contributed by atoms with Gasteiger partial charge in [0.25, 0.3) is 5.91 Å². The Morgan fingerprint density at radius 2 is 1.77 bits per heavy atom. The van der Waals surface area contributed by atoms with E-state index in [4.69, 9.17) is 4.74 Å². The Bertz CT molecular complexity index is 913. The number of hydrogen-bond acceptors (Lipinski definition) is 5. The molecule has 0 aromatic carbocycles. The molecule has 0 aliphatic carbocycles. The number of nitrogens with zero attached hydrogens (tertiary/aromatic N) is 3. The van der Waals surface area contributed by atoms with E-state index in [1.807, 2.05) is 21.1 Å². The average molecular weight is 426 g/mol. The summed E-state index contributed by atoms with van der Waals surface area (Å²) in [5, 5.41) is 2.17. The third kappa shape index (κ3) is 3.54. The number of ether oxygens (including phenoxy) is 1. The van der Waals surface area contributed by atoms with Crippen molar-refractivity contribution in [3.8, 4) is 0 Å². The van der Waals surface area contributed by atoms with Crippen LogP contribution in [0.1, 0.15) is 46.5 Å². The van der Waals surface area contributed by atoms with Crippen molar-refractivity contribution in [1.82, 2.24) is 14.8 Å². The lowest BCUT2D eigenvalue weighted by Crippen LogP contribution is -2.51. The molecule has 5 rings (SSSR count). The summed E-state index contributed by atoms with van der Waals surface area (Å²) in [4.78, 5) is 35.1. The van der Waals surface area contributed by atoms with Crippen LogP contribution in [0.2, 0.25) is 0 Å². The first kappa shape index (κ1) is 19.7. The van der Waals surface area contributed by atoms with Crippen LogP contribution in [0.3, 0.4) is 0 Å². The third-order valence-electron chi connectivity index (χ3n) is 6.89. The van der Waals surface area contributed by atoms with Crippen LogP contribution >= 0.6 is 11.3 Å². The maximum Gasteiger partial charge on any atom is 0.253 e. The number of pyridine rings is 1. The Labute approximate surface area is 180 Å². The van der Waals surface area contributed by atoms with Gasteiger partial charge in [-0.25, -0.2) is 0 Å². The minimum absolute atomic E-state index is 0.0181. The van der Waals surface area contributed by atoms with Gasteiger partial charge in [-0.3, -0.25) is 14.6 Å². The Kier molecular flexibility index (Phi) is 5.33. The number of rotatable bonds is 2. The molecule has 3 aliphatic rings. The summed E-state index contributed by atoms with van der Waals surface area (Å²) >= 11 is 1.83. The first-order valence-corrected chi connectivity index (χ1v) is 11.7. The number of amides is 2. The normalized spacial score (nSPS) is 21.5. The molecule has 1 spiro atoms. The van der Waals surface area contributed by atoms with Crippen LogP contribution in [-0.2, 0) is 21.6 Å². The van der Waals surface area contributed by atoms with Crippen molar-refractivity contribution in [3.05, 3.63) is 52.0 Å². The Balaban J connectivity index is 1.16. The molecule has 158 valence electrons. The topological polar surface area (TPSA) is 62.7 Å². The second-order valence-corrected chi connectivity index (χ2v) is 9.48. The minimum atomic E-state index is -0.190. The summed E-state index contributed by atoms with van der Waals surface area (Å²) in [7, 11) is 0. The average Bonchev–Trinajstić information content (AvgIpc) is 3.30. The van der Waals surface area contributed by atoms with Crippen molar-refractivity contribution >= 4 is 23.2 Å². The fourth-order valence-corrected chi connectivity index (χ4v) is 6.07. The highest BCUT2D eigenvalue weighted by Crippen LogP contribution is 2.43. The lowest BCUT2D eigenvalue weighted by Gasteiger charge is -2.45. The van der Waals surface area contributed by atoms with Crippen LogP contribution in [0.4, 0.5) is 0 Å². The van der Waals surface area contributed by atoms with Crippen molar-refractivity contribution in [1.29, 1.82) is 0 Å². The second-order valence-electron chi connectivity index (χ2n) is 8.48. The molecule has 30 heavy (non-hydrogen) atoms. The highest BCUT2D eigenvalue weighted by molar-refractivity contribution is 7.10. The SMILES string of the molecule is O=C(c1ccncc1)N1CCC(C(=O)N2CCC3(CC2)OCCc2sccc23)CC1. The monoisotopic (exact) mass is 425 g/mol. The molecule has 7 heteroatoms. The van der Waals surface area contributed by atoms with Gasteiger partial charge in [-0.05, 0) is 54.8 Å². The van der Waals surface area contributed by atoms with Gasteiger partial charge < -0.3 is 14.5 Å². The van der Waals surface area contributed by atoms with Gasteiger partial charge in [0.1, 0.15) is 0 Å². The molecule has 0 atom stereocenters. The van der Waals surface area contributed by atoms with E-state index in [-0.39, 0.29) is 23.3 Å². The zero-order valence-electron chi connectivity index (χ0n) is 17.1. The first-order valence-electron chi connectivity index (χ1n) is 10.9. The molecule has 6 nitrogen and oxygen atoms in total. The van der Waals surface area contributed by atoms with Gasteiger partial charge in [-0.2, -0.15) is 0 Å². The molecule has 5 heterocycles. The number of hydrogen-bond donors (Lipinski definition) is 0. The summed E-state index contributed by atoms with van der Waals surface area (Å²) in [6.45, 7) is 3.56. The van der Waals surface area contributed by atoms with Crippen LogP contribution < -0.4 is 0 Å². The van der Waals surface area contributed by atoms with Crippen molar-refractivity contribution < 1.29 is 14.3 Å². The lowest BCUT2D eigenvalue weighted by molar-refractivity contribution is -0.145. The highest BCUT2D eigenvalue weighted by Gasteiger charge is 2.43. The van der Waals surface area contributed by atoms with Crippen LogP contribution in [-0.4, -0.2) is 59.4 Å². The molecule has 3 aliphatic heterocycles. The number of likely N-dealkylation sites (tertiary alicyclic amines) is 2. The van der Waals surface area contributed by atoms with Gasteiger partial charge in [0, 0.05) is 61.4 Å². The van der Waals surface area contributed by atoms with Crippen molar-refractivity contribution in [2.24, 2.45) is 5.92 Å². The minimum Gasteiger partial charge on any atom is -0.370 e. The van der Waals surface area contributed by atoms with Crippen molar-refractivity contribution in [2.45, 2.75) is 37.7 Å². The molecule has 0 N–H and O–H groups in total. The fraction of sp³-hybridized carbons (Fsp3) is 0.522. The summed E-state index contributed by atoms with van der Waals surface area (Å²) in [5.41, 5.74) is 1.83. The molecule has 2 saturated heterocycles. The van der Waals surface area contributed by atoms with Crippen LogP contribution in [0.15, 0.2) is 36.0 Å². The molecule has 0 saturated carbocycles. The van der Waals surface area contributed by atoms with Crippen molar-refractivity contribution in [2.75, 3.05) is 32.8 Å². The van der Waals surface area contributed by atoms with E-state index in [9.17, 15) is 9.59 Å². The first-order chi connectivity index (χ1) is 14.7. The molecule has 2 fully saturated rings. The number of thiophene rings is 1. The molecule has 2 amide bonds.